The summed E-state index contributed by atoms with van der Waals surface area (Å²) in [6, 6.07) is 20.2. The number of anilines is 1. The van der Waals surface area contributed by atoms with E-state index in [1.807, 2.05) is 73.7 Å². The zero-order chi connectivity index (χ0) is 21.5. The van der Waals surface area contributed by atoms with Gasteiger partial charge in [-0.05, 0) is 43.7 Å². The maximum Gasteiger partial charge on any atom is 0.243 e. The summed E-state index contributed by atoms with van der Waals surface area (Å²) >= 11 is 0. The van der Waals surface area contributed by atoms with Crippen molar-refractivity contribution in [3.05, 3.63) is 89.9 Å². The lowest BCUT2D eigenvalue weighted by Crippen LogP contribution is -2.46. The first kappa shape index (κ1) is 21.3. The molecule has 30 heavy (non-hydrogen) atoms. The van der Waals surface area contributed by atoms with Crippen molar-refractivity contribution in [1.82, 2.24) is 10.2 Å². The van der Waals surface area contributed by atoms with E-state index < -0.39 is 6.04 Å². The van der Waals surface area contributed by atoms with Crippen molar-refractivity contribution in [1.29, 1.82) is 0 Å². The van der Waals surface area contributed by atoms with Crippen LogP contribution in [0.5, 0.6) is 0 Å². The molecular weight excluding hydrogens is 378 g/mol. The molecule has 0 unspecified atom stereocenters. The molecule has 0 fully saturated rings. The van der Waals surface area contributed by atoms with Crippen LogP contribution in [0.1, 0.15) is 29.9 Å². The van der Waals surface area contributed by atoms with Crippen LogP contribution in [0.2, 0.25) is 0 Å². The van der Waals surface area contributed by atoms with Gasteiger partial charge in [-0.3, -0.25) is 14.9 Å². The third-order valence-electron chi connectivity index (χ3n) is 4.84. The summed E-state index contributed by atoms with van der Waals surface area (Å²) in [4.78, 5) is 26.6. The summed E-state index contributed by atoms with van der Waals surface area (Å²) in [7, 11) is 1.62. The Bertz CT molecular complexity index is 953. The van der Waals surface area contributed by atoms with Crippen LogP contribution < -0.4 is 10.6 Å². The van der Waals surface area contributed by atoms with E-state index in [4.69, 9.17) is 4.42 Å². The number of nitrogens with zero attached hydrogens (tertiary/aromatic N) is 1. The highest BCUT2D eigenvalue weighted by molar-refractivity contribution is 5.95. The number of nitrogens with one attached hydrogen (secondary N) is 2. The molecule has 3 rings (SSSR count). The van der Waals surface area contributed by atoms with Gasteiger partial charge in [-0.2, -0.15) is 0 Å². The second-order valence-corrected chi connectivity index (χ2v) is 7.36. The van der Waals surface area contributed by atoms with E-state index >= 15 is 0 Å². The Hall–Kier alpha value is -3.38. The van der Waals surface area contributed by atoms with E-state index in [0.717, 1.165) is 16.9 Å². The third kappa shape index (κ3) is 5.58. The van der Waals surface area contributed by atoms with Crippen LogP contribution in [0.3, 0.4) is 0 Å². The summed E-state index contributed by atoms with van der Waals surface area (Å²) < 4.78 is 5.58. The summed E-state index contributed by atoms with van der Waals surface area (Å²) in [5.41, 5.74) is 2.82. The fourth-order valence-corrected chi connectivity index (χ4v) is 3.23. The summed E-state index contributed by atoms with van der Waals surface area (Å²) in [5, 5.41) is 6.14. The normalized spacial score (nSPS) is 12.8. The summed E-state index contributed by atoms with van der Waals surface area (Å²) in [5.74, 6) is 0.301. The molecule has 0 aliphatic rings. The van der Waals surface area contributed by atoms with Crippen molar-refractivity contribution in [3.63, 3.8) is 0 Å². The van der Waals surface area contributed by atoms with Crippen molar-refractivity contribution >= 4 is 17.5 Å². The van der Waals surface area contributed by atoms with Crippen molar-refractivity contribution in [2.24, 2.45) is 0 Å². The van der Waals surface area contributed by atoms with Gasteiger partial charge in [-0.25, -0.2) is 0 Å². The summed E-state index contributed by atoms with van der Waals surface area (Å²) in [6.07, 6.45) is 1.61. The molecule has 3 aromatic rings. The minimum atomic E-state index is -0.516. The van der Waals surface area contributed by atoms with Gasteiger partial charge < -0.3 is 14.6 Å². The molecule has 0 aliphatic carbocycles. The second-order valence-electron chi connectivity index (χ2n) is 7.36. The molecule has 1 aromatic heterocycles. The molecule has 156 valence electrons. The van der Waals surface area contributed by atoms with Crippen LogP contribution in [-0.2, 0) is 9.59 Å². The number of carbonyl (C=O) groups excluding carboxylic acids is 2. The number of furan rings is 1. The highest BCUT2D eigenvalue weighted by atomic mass is 16.3. The maximum absolute atomic E-state index is 12.9. The van der Waals surface area contributed by atoms with E-state index in [0.29, 0.717) is 5.69 Å². The number of hydrogen-bond acceptors (Lipinski definition) is 4. The predicted octanol–water partition coefficient (Wildman–Crippen LogP) is 3.75. The van der Waals surface area contributed by atoms with E-state index in [1.54, 1.807) is 20.2 Å². The van der Waals surface area contributed by atoms with E-state index in [-0.39, 0.29) is 24.4 Å². The van der Waals surface area contributed by atoms with Crippen LogP contribution in [0.15, 0.2) is 77.4 Å². The molecule has 2 atom stereocenters. The Morgan fingerprint density at radius 3 is 2.33 bits per heavy atom. The number of rotatable bonds is 8. The third-order valence-corrected chi connectivity index (χ3v) is 4.84. The predicted molar refractivity (Wildman–Crippen MR) is 117 cm³/mol. The molecule has 2 aromatic carbocycles. The van der Waals surface area contributed by atoms with Gasteiger partial charge in [0.05, 0.1) is 24.9 Å². The minimum absolute atomic E-state index is 0.0323. The number of likely N-dealkylation sites (N-methyl/N-ethyl adjacent to an activating group) is 1. The lowest BCUT2D eigenvalue weighted by Gasteiger charge is -2.25. The van der Waals surface area contributed by atoms with Gasteiger partial charge in [-0.1, -0.05) is 48.0 Å². The Morgan fingerprint density at radius 2 is 1.70 bits per heavy atom. The molecule has 2 amide bonds. The fourth-order valence-electron chi connectivity index (χ4n) is 3.23. The first-order valence-electron chi connectivity index (χ1n) is 9.90. The fraction of sp³-hybridized carbons (Fsp3) is 0.250. The molecule has 0 saturated heterocycles. The molecule has 6 nitrogen and oxygen atoms in total. The second kappa shape index (κ2) is 9.89. The Kier molecular flexibility index (Phi) is 7.03. The Balaban J connectivity index is 1.61. The van der Waals surface area contributed by atoms with Crippen molar-refractivity contribution in [2.75, 3.05) is 18.9 Å². The first-order valence-corrected chi connectivity index (χ1v) is 9.90. The van der Waals surface area contributed by atoms with Gasteiger partial charge >= 0.3 is 0 Å². The molecule has 2 N–H and O–H groups in total. The largest absolute Gasteiger partial charge is 0.467 e. The molecule has 6 heteroatoms. The quantitative estimate of drug-likeness (QED) is 0.599. The molecule has 1 heterocycles. The number of carbonyl (C=O) groups is 2. The standard InChI is InChI=1S/C24H27N3O3/c1-17-11-13-20(14-12-17)26-22(28)16-27(3)24(29)18(2)25-23(21-10-7-15-30-21)19-8-5-4-6-9-19/h4-15,18,23,25H,16H2,1-3H3,(H,26,28)/t18-,23+/m0/s1. The van der Waals surface area contributed by atoms with Gasteiger partial charge in [0.15, 0.2) is 0 Å². The Labute approximate surface area is 176 Å². The number of benzene rings is 2. The van der Waals surface area contributed by atoms with Crippen LogP contribution >= 0.6 is 0 Å². The molecular formula is C24H27N3O3. The van der Waals surface area contributed by atoms with Gasteiger partial charge in [0.1, 0.15) is 5.76 Å². The van der Waals surface area contributed by atoms with E-state index in [2.05, 4.69) is 10.6 Å². The lowest BCUT2D eigenvalue weighted by molar-refractivity contribution is -0.134. The minimum Gasteiger partial charge on any atom is -0.467 e. The topological polar surface area (TPSA) is 74.6 Å². The lowest BCUT2D eigenvalue weighted by atomic mass is 10.0. The van der Waals surface area contributed by atoms with Gasteiger partial charge in [0.2, 0.25) is 11.8 Å². The van der Waals surface area contributed by atoms with Crippen molar-refractivity contribution in [2.45, 2.75) is 25.9 Å². The van der Waals surface area contributed by atoms with Crippen molar-refractivity contribution in [3.8, 4) is 0 Å². The highest BCUT2D eigenvalue weighted by Crippen LogP contribution is 2.23. The SMILES string of the molecule is Cc1ccc(NC(=O)CN(C)C(=O)[C@H](C)N[C@H](c2ccccc2)c2ccco2)cc1. The maximum atomic E-state index is 12.9. The first-order chi connectivity index (χ1) is 14.4. The van der Waals surface area contributed by atoms with Gasteiger partial charge in [-0.15, -0.1) is 0 Å². The molecule has 0 radical (unpaired) electrons. The smallest absolute Gasteiger partial charge is 0.243 e. The number of hydrogen-bond donors (Lipinski definition) is 2. The van der Waals surface area contributed by atoms with Crippen LogP contribution in [0.4, 0.5) is 5.69 Å². The van der Waals surface area contributed by atoms with Crippen LogP contribution in [0, 0.1) is 6.92 Å². The number of amides is 2. The molecule has 0 saturated carbocycles. The van der Waals surface area contributed by atoms with E-state index in [9.17, 15) is 9.59 Å². The Morgan fingerprint density at radius 1 is 1.00 bits per heavy atom. The van der Waals surface area contributed by atoms with Gasteiger partial charge in [0, 0.05) is 12.7 Å². The van der Waals surface area contributed by atoms with E-state index in [1.165, 1.54) is 4.90 Å². The molecule has 0 bridgehead atoms. The molecule has 0 spiro atoms. The number of aryl methyl sites for hydroxylation is 1. The average molecular weight is 405 g/mol. The average Bonchev–Trinajstić information content (AvgIpc) is 3.28. The van der Waals surface area contributed by atoms with Crippen molar-refractivity contribution < 1.29 is 14.0 Å². The van der Waals surface area contributed by atoms with Crippen LogP contribution in [0.25, 0.3) is 0 Å². The summed E-state index contributed by atoms with van der Waals surface area (Å²) in [6.45, 7) is 3.74. The molecule has 0 aliphatic heterocycles. The monoisotopic (exact) mass is 405 g/mol. The van der Waals surface area contributed by atoms with Crippen LogP contribution in [-0.4, -0.2) is 36.3 Å². The zero-order valence-electron chi connectivity index (χ0n) is 17.5. The highest BCUT2D eigenvalue weighted by Gasteiger charge is 2.25. The zero-order valence-corrected chi connectivity index (χ0v) is 17.5. The van der Waals surface area contributed by atoms with Gasteiger partial charge in [0.25, 0.3) is 0 Å².